The highest BCUT2D eigenvalue weighted by Crippen LogP contribution is 2.38. The third-order valence-electron chi connectivity index (χ3n) is 4.82. The van der Waals surface area contributed by atoms with Crippen LogP contribution in [0.3, 0.4) is 0 Å². The van der Waals surface area contributed by atoms with Crippen molar-refractivity contribution in [3.63, 3.8) is 0 Å². The lowest BCUT2D eigenvalue weighted by Gasteiger charge is -2.24. The number of fused-ring (bicyclic) bond motifs is 1. The van der Waals surface area contributed by atoms with Crippen molar-refractivity contribution in [3.8, 4) is 11.5 Å². The van der Waals surface area contributed by atoms with Gasteiger partial charge >= 0.3 is 0 Å². The van der Waals surface area contributed by atoms with Gasteiger partial charge in [0.25, 0.3) is 5.91 Å². The molecule has 1 amide bonds. The number of nitrogens with zero attached hydrogens (tertiary/aromatic N) is 1. The van der Waals surface area contributed by atoms with Crippen LogP contribution in [-0.2, 0) is 16.6 Å². The van der Waals surface area contributed by atoms with Crippen LogP contribution in [0.2, 0.25) is 5.02 Å². The van der Waals surface area contributed by atoms with Gasteiger partial charge in [0.1, 0.15) is 10.6 Å². The summed E-state index contributed by atoms with van der Waals surface area (Å²) in [5.41, 5.74) is 0.934. The molecule has 3 heterocycles. The van der Waals surface area contributed by atoms with E-state index < -0.39 is 15.9 Å². The van der Waals surface area contributed by atoms with Gasteiger partial charge in [-0.05, 0) is 23.8 Å². The van der Waals surface area contributed by atoms with E-state index in [1.807, 2.05) is 0 Å². The van der Waals surface area contributed by atoms with E-state index in [4.69, 9.17) is 21.1 Å². The molecule has 0 spiro atoms. The van der Waals surface area contributed by atoms with Gasteiger partial charge in [-0.3, -0.25) is 4.79 Å². The molecule has 4 rings (SSSR count). The topological polar surface area (TPSA) is 101 Å². The number of amides is 1. The Morgan fingerprint density at radius 2 is 1.97 bits per heavy atom. The number of aromatic nitrogens is 1. The molecule has 0 radical (unpaired) electrons. The Kier molecular flexibility index (Phi) is 6.47. The summed E-state index contributed by atoms with van der Waals surface area (Å²) in [5, 5.41) is 3.20. The molecule has 8 nitrogen and oxygen atoms in total. The molecule has 0 aliphatic carbocycles. The van der Waals surface area contributed by atoms with Crippen molar-refractivity contribution in [3.05, 3.63) is 40.7 Å². The van der Waals surface area contributed by atoms with E-state index in [9.17, 15) is 13.2 Å². The molecule has 2 N–H and O–H groups in total. The molecule has 162 valence electrons. The number of thioether (sulfide) groups is 1. The number of aromatic amines is 1. The highest BCUT2D eigenvalue weighted by molar-refractivity contribution is 7.99. The van der Waals surface area contributed by atoms with Gasteiger partial charge in [0.15, 0.2) is 11.5 Å². The number of nitrogens with one attached hydrogen (secondary N) is 2. The average molecular weight is 472 g/mol. The number of H-pyrrole nitrogens is 1. The van der Waals surface area contributed by atoms with Crippen molar-refractivity contribution < 1.29 is 22.7 Å². The highest BCUT2D eigenvalue weighted by Gasteiger charge is 2.27. The number of hydrogen-bond acceptors (Lipinski definition) is 6. The number of rotatable bonds is 5. The van der Waals surface area contributed by atoms with E-state index >= 15 is 0 Å². The maximum atomic E-state index is 12.7. The van der Waals surface area contributed by atoms with Crippen molar-refractivity contribution in [2.45, 2.75) is 17.9 Å². The second-order valence-corrected chi connectivity index (χ2v) is 10.5. The molecule has 1 aromatic carbocycles. The zero-order valence-corrected chi connectivity index (χ0v) is 18.5. The lowest BCUT2D eigenvalue weighted by molar-refractivity contribution is 0.0946. The third kappa shape index (κ3) is 4.56. The maximum Gasteiger partial charge on any atom is 0.268 e. The van der Waals surface area contributed by atoms with Crippen LogP contribution in [0, 0.1) is 0 Å². The van der Waals surface area contributed by atoms with Gasteiger partial charge in [-0.1, -0.05) is 11.6 Å². The minimum absolute atomic E-state index is 0.0955. The van der Waals surface area contributed by atoms with Gasteiger partial charge in [-0.25, -0.2) is 8.42 Å². The van der Waals surface area contributed by atoms with Crippen LogP contribution in [0.4, 0.5) is 0 Å². The first-order valence-electron chi connectivity index (χ1n) is 9.58. The van der Waals surface area contributed by atoms with Crippen molar-refractivity contribution in [1.82, 2.24) is 14.6 Å². The third-order valence-corrected chi connectivity index (χ3v) is 7.92. The molecule has 2 aromatic rings. The minimum Gasteiger partial charge on any atom is -0.489 e. The summed E-state index contributed by atoms with van der Waals surface area (Å²) >= 11 is 8.01. The molecule has 0 atom stereocenters. The maximum absolute atomic E-state index is 12.7. The summed E-state index contributed by atoms with van der Waals surface area (Å²) in [6, 6.07) is 4.87. The van der Waals surface area contributed by atoms with Crippen LogP contribution in [0.25, 0.3) is 0 Å². The number of benzene rings is 1. The standard InChI is InChI=1S/C19H22ClN3O5S2/c20-15-8-13(9-17-18(15)28-5-1-4-27-17)11-22-19(24)16-10-14(12-21-16)30(25,26)23-2-6-29-7-3-23/h8-10,12,21H,1-7,11H2,(H,22,24). The van der Waals surface area contributed by atoms with Crippen LogP contribution in [-0.4, -0.2) is 61.4 Å². The van der Waals surface area contributed by atoms with Gasteiger partial charge in [-0.2, -0.15) is 16.1 Å². The van der Waals surface area contributed by atoms with Gasteiger partial charge < -0.3 is 19.8 Å². The Hall–Kier alpha value is -1.88. The zero-order chi connectivity index (χ0) is 21.1. The van der Waals surface area contributed by atoms with Crippen LogP contribution in [0.1, 0.15) is 22.5 Å². The number of hydrogen-bond donors (Lipinski definition) is 2. The van der Waals surface area contributed by atoms with Crippen LogP contribution in [0.5, 0.6) is 11.5 Å². The highest BCUT2D eigenvalue weighted by atomic mass is 35.5. The summed E-state index contributed by atoms with van der Waals surface area (Å²) in [7, 11) is -3.60. The van der Waals surface area contributed by atoms with Crippen LogP contribution < -0.4 is 14.8 Å². The first kappa shape index (κ1) is 21.4. The smallest absolute Gasteiger partial charge is 0.268 e. The fourth-order valence-corrected chi connectivity index (χ4v) is 6.11. The minimum atomic E-state index is -3.60. The van der Waals surface area contributed by atoms with Gasteiger partial charge in [-0.15, -0.1) is 0 Å². The van der Waals surface area contributed by atoms with Crippen molar-refractivity contribution >= 4 is 39.3 Å². The number of ether oxygens (including phenoxy) is 2. The summed E-state index contributed by atoms with van der Waals surface area (Å²) < 4.78 is 38.2. The average Bonchev–Trinajstić information content (AvgIpc) is 3.13. The molecular formula is C19H22ClN3O5S2. The van der Waals surface area contributed by atoms with E-state index in [1.165, 1.54) is 16.6 Å². The van der Waals surface area contributed by atoms with Gasteiger partial charge in [0, 0.05) is 43.8 Å². The zero-order valence-electron chi connectivity index (χ0n) is 16.1. The van der Waals surface area contributed by atoms with E-state index in [2.05, 4.69) is 10.3 Å². The molecule has 1 aromatic heterocycles. The monoisotopic (exact) mass is 471 g/mol. The fraction of sp³-hybridized carbons (Fsp3) is 0.421. The Morgan fingerprint density at radius 3 is 2.77 bits per heavy atom. The molecular weight excluding hydrogens is 450 g/mol. The molecule has 0 unspecified atom stereocenters. The summed E-state index contributed by atoms with van der Waals surface area (Å²) in [6.07, 6.45) is 2.13. The predicted molar refractivity (Wildman–Crippen MR) is 115 cm³/mol. The van der Waals surface area contributed by atoms with E-state index in [0.29, 0.717) is 42.8 Å². The quantitative estimate of drug-likeness (QED) is 0.694. The molecule has 11 heteroatoms. The predicted octanol–water partition coefficient (Wildman–Crippen LogP) is 2.50. The lowest BCUT2D eigenvalue weighted by Crippen LogP contribution is -2.37. The number of halogens is 1. The molecule has 2 aliphatic heterocycles. The Labute approximate surface area is 184 Å². The number of sulfonamides is 1. The van der Waals surface area contributed by atoms with Gasteiger partial charge in [0.2, 0.25) is 10.0 Å². The van der Waals surface area contributed by atoms with Crippen molar-refractivity contribution in [1.29, 1.82) is 0 Å². The fourth-order valence-electron chi connectivity index (χ4n) is 3.25. The van der Waals surface area contributed by atoms with Crippen molar-refractivity contribution in [2.75, 3.05) is 37.8 Å². The SMILES string of the molecule is O=C(NCc1cc(Cl)c2c(c1)OCCCO2)c1cc(S(=O)(=O)N2CCSCC2)c[nH]1. The number of carbonyl (C=O) groups excluding carboxylic acids is 1. The molecule has 0 bridgehead atoms. The van der Waals surface area contributed by atoms with Gasteiger partial charge in [0.05, 0.1) is 18.2 Å². The second-order valence-electron chi connectivity index (χ2n) is 6.90. The van der Waals surface area contributed by atoms with Crippen LogP contribution in [0.15, 0.2) is 29.3 Å². The molecule has 0 saturated carbocycles. The van der Waals surface area contributed by atoms with E-state index in [1.54, 1.807) is 23.9 Å². The van der Waals surface area contributed by atoms with Crippen LogP contribution >= 0.6 is 23.4 Å². The second kappa shape index (κ2) is 9.09. The summed E-state index contributed by atoms with van der Waals surface area (Å²) in [5.74, 6) is 2.20. The van der Waals surface area contributed by atoms with Crippen molar-refractivity contribution in [2.24, 2.45) is 0 Å². The number of carbonyl (C=O) groups is 1. The first-order chi connectivity index (χ1) is 14.4. The Balaban J connectivity index is 1.43. The normalized spacial score (nSPS) is 17.4. The lowest BCUT2D eigenvalue weighted by atomic mass is 10.2. The van der Waals surface area contributed by atoms with E-state index in [0.717, 1.165) is 23.5 Å². The van der Waals surface area contributed by atoms with E-state index in [-0.39, 0.29) is 17.1 Å². The summed E-state index contributed by atoms with van der Waals surface area (Å²) in [4.78, 5) is 15.4. The Morgan fingerprint density at radius 1 is 1.20 bits per heavy atom. The molecule has 1 saturated heterocycles. The molecule has 2 aliphatic rings. The molecule has 30 heavy (non-hydrogen) atoms. The first-order valence-corrected chi connectivity index (χ1v) is 12.5. The largest absolute Gasteiger partial charge is 0.489 e. The summed E-state index contributed by atoms with van der Waals surface area (Å²) in [6.45, 7) is 2.24. The Bertz CT molecular complexity index is 1030. The molecule has 1 fully saturated rings.